The van der Waals surface area contributed by atoms with Crippen molar-refractivity contribution in [1.82, 2.24) is 0 Å². The molecule has 0 unspecified atom stereocenters. The molecule has 14 heavy (non-hydrogen) atoms. The minimum atomic E-state index is 0.0348. The Morgan fingerprint density at radius 2 is 2.07 bits per heavy atom. The van der Waals surface area contributed by atoms with Gasteiger partial charge in [0.25, 0.3) is 0 Å². The van der Waals surface area contributed by atoms with Crippen LogP contribution >= 0.6 is 0 Å². The van der Waals surface area contributed by atoms with Gasteiger partial charge in [0.15, 0.2) is 0 Å². The van der Waals surface area contributed by atoms with E-state index in [-0.39, 0.29) is 6.04 Å². The zero-order valence-electron chi connectivity index (χ0n) is 8.53. The van der Waals surface area contributed by atoms with Gasteiger partial charge in [-0.25, -0.2) is 0 Å². The molecule has 1 saturated heterocycles. The molecule has 0 aliphatic carbocycles. The van der Waals surface area contributed by atoms with Crippen LogP contribution in [0.2, 0.25) is 0 Å². The Kier molecular flexibility index (Phi) is 2.89. The lowest BCUT2D eigenvalue weighted by atomic mass is 9.91. The molecule has 2 N–H and O–H groups in total. The minimum Gasteiger partial charge on any atom is -0.465 e. The lowest BCUT2D eigenvalue weighted by Gasteiger charge is -2.26. The third kappa shape index (κ3) is 1.99. The van der Waals surface area contributed by atoms with Gasteiger partial charge >= 0.3 is 0 Å². The van der Waals surface area contributed by atoms with Gasteiger partial charge in [0.1, 0.15) is 11.5 Å². The first-order valence-corrected chi connectivity index (χ1v) is 5.17. The molecule has 3 heteroatoms. The summed E-state index contributed by atoms with van der Waals surface area (Å²) in [5.41, 5.74) is 6.13. The predicted molar refractivity (Wildman–Crippen MR) is 53.9 cm³/mol. The van der Waals surface area contributed by atoms with Crippen molar-refractivity contribution in [3.05, 3.63) is 23.7 Å². The van der Waals surface area contributed by atoms with Crippen LogP contribution in [0.1, 0.15) is 30.4 Å². The van der Waals surface area contributed by atoms with Gasteiger partial charge in [0.2, 0.25) is 0 Å². The van der Waals surface area contributed by atoms with Gasteiger partial charge in [-0.15, -0.1) is 0 Å². The fraction of sp³-hybridized carbons (Fsp3) is 0.636. The van der Waals surface area contributed by atoms with E-state index in [2.05, 4.69) is 0 Å². The minimum absolute atomic E-state index is 0.0348. The number of hydrogen-bond donors (Lipinski definition) is 1. The van der Waals surface area contributed by atoms with E-state index in [0.717, 1.165) is 37.6 Å². The van der Waals surface area contributed by atoms with Gasteiger partial charge in [-0.1, -0.05) is 0 Å². The Labute approximate surface area is 84.2 Å². The fourth-order valence-corrected chi connectivity index (χ4v) is 1.94. The topological polar surface area (TPSA) is 48.4 Å². The van der Waals surface area contributed by atoms with Crippen LogP contribution in [0, 0.1) is 12.8 Å². The molecule has 0 saturated carbocycles. The maximum absolute atomic E-state index is 6.13. The van der Waals surface area contributed by atoms with Gasteiger partial charge in [-0.2, -0.15) is 0 Å². The number of rotatable bonds is 2. The molecule has 1 aliphatic heterocycles. The molecule has 1 aromatic heterocycles. The maximum atomic E-state index is 6.13. The predicted octanol–water partition coefficient (Wildman–Crippen LogP) is 2.01. The fourth-order valence-electron chi connectivity index (χ4n) is 1.94. The Hall–Kier alpha value is -0.800. The maximum Gasteiger partial charge on any atom is 0.121 e. The summed E-state index contributed by atoms with van der Waals surface area (Å²) >= 11 is 0. The first-order valence-electron chi connectivity index (χ1n) is 5.17. The van der Waals surface area contributed by atoms with Crippen LogP contribution in [0.25, 0.3) is 0 Å². The quantitative estimate of drug-likeness (QED) is 0.785. The molecule has 0 radical (unpaired) electrons. The Morgan fingerprint density at radius 1 is 1.36 bits per heavy atom. The van der Waals surface area contributed by atoms with E-state index >= 15 is 0 Å². The summed E-state index contributed by atoms with van der Waals surface area (Å²) in [4.78, 5) is 0. The Balaban J connectivity index is 2.03. The van der Waals surface area contributed by atoms with E-state index < -0.39 is 0 Å². The number of aryl methyl sites for hydroxylation is 1. The Morgan fingerprint density at radius 3 is 2.64 bits per heavy atom. The second kappa shape index (κ2) is 4.15. The van der Waals surface area contributed by atoms with Crippen molar-refractivity contribution < 1.29 is 9.15 Å². The van der Waals surface area contributed by atoms with Crippen molar-refractivity contribution in [2.45, 2.75) is 25.8 Å². The van der Waals surface area contributed by atoms with Crippen LogP contribution in [0.15, 0.2) is 16.5 Å². The smallest absolute Gasteiger partial charge is 0.121 e. The van der Waals surface area contributed by atoms with Gasteiger partial charge in [0.05, 0.1) is 6.04 Å². The van der Waals surface area contributed by atoms with Crippen molar-refractivity contribution in [3.63, 3.8) is 0 Å². The van der Waals surface area contributed by atoms with E-state index in [0.29, 0.717) is 5.92 Å². The Bertz CT molecular complexity index is 289. The molecule has 2 heterocycles. The van der Waals surface area contributed by atoms with Crippen LogP contribution in [0.4, 0.5) is 0 Å². The van der Waals surface area contributed by atoms with E-state index in [1.54, 1.807) is 0 Å². The van der Waals surface area contributed by atoms with Crippen molar-refractivity contribution in [2.24, 2.45) is 11.7 Å². The molecule has 0 spiro atoms. The molecule has 78 valence electrons. The van der Waals surface area contributed by atoms with E-state index in [4.69, 9.17) is 14.9 Å². The first-order chi connectivity index (χ1) is 6.77. The van der Waals surface area contributed by atoms with Crippen LogP contribution < -0.4 is 5.73 Å². The van der Waals surface area contributed by atoms with Crippen molar-refractivity contribution in [2.75, 3.05) is 13.2 Å². The summed E-state index contributed by atoms with van der Waals surface area (Å²) in [6.45, 7) is 3.61. The summed E-state index contributed by atoms with van der Waals surface area (Å²) < 4.78 is 10.8. The van der Waals surface area contributed by atoms with Gasteiger partial charge in [-0.3, -0.25) is 0 Å². The van der Waals surface area contributed by atoms with Crippen molar-refractivity contribution >= 4 is 0 Å². The lowest BCUT2D eigenvalue weighted by molar-refractivity contribution is 0.0559. The highest BCUT2D eigenvalue weighted by Gasteiger charge is 2.24. The molecule has 1 atom stereocenters. The third-order valence-corrected chi connectivity index (χ3v) is 2.86. The molecule has 1 aliphatic rings. The molecule has 0 amide bonds. The lowest BCUT2D eigenvalue weighted by Crippen LogP contribution is -2.27. The molecule has 0 aromatic carbocycles. The largest absolute Gasteiger partial charge is 0.465 e. The first kappa shape index (κ1) is 9.74. The average Bonchev–Trinajstić information content (AvgIpc) is 2.65. The van der Waals surface area contributed by atoms with Crippen LogP contribution in [0.3, 0.4) is 0 Å². The highest BCUT2D eigenvalue weighted by atomic mass is 16.5. The second-order valence-corrected chi connectivity index (χ2v) is 3.92. The highest BCUT2D eigenvalue weighted by Crippen LogP contribution is 2.28. The summed E-state index contributed by atoms with van der Waals surface area (Å²) in [7, 11) is 0. The normalized spacial score (nSPS) is 21.0. The van der Waals surface area contributed by atoms with Gasteiger partial charge in [0, 0.05) is 13.2 Å². The third-order valence-electron chi connectivity index (χ3n) is 2.86. The van der Waals surface area contributed by atoms with Crippen LogP contribution in [-0.2, 0) is 4.74 Å². The molecule has 0 bridgehead atoms. The standard InChI is InChI=1S/C11H17NO2/c1-8-2-3-10(14-8)11(12)9-4-6-13-7-5-9/h2-3,9,11H,4-7,12H2,1H3/t11-/m1/s1. The molecular weight excluding hydrogens is 178 g/mol. The highest BCUT2D eigenvalue weighted by molar-refractivity contribution is 5.10. The summed E-state index contributed by atoms with van der Waals surface area (Å²) in [5, 5.41) is 0. The zero-order chi connectivity index (χ0) is 9.97. The molecular formula is C11H17NO2. The van der Waals surface area contributed by atoms with E-state index in [1.165, 1.54) is 0 Å². The SMILES string of the molecule is Cc1ccc([C@H](N)C2CCOCC2)o1. The van der Waals surface area contributed by atoms with Crippen molar-refractivity contribution in [1.29, 1.82) is 0 Å². The van der Waals surface area contributed by atoms with Gasteiger partial charge in [-0.05, 0) is 37.8 Å². The molecule has 1 fully saturated rings. The summed E-state index contributed by atoms with van der Waals surface area (Å²) in [5.74, 6) is 2.35. The van der Waals surface area contributed by atoms with Crippen molar-refractivity contribution in [3.8, 4) is 0 Å². The summed E-state index contributed by atoms with van der Waals surface area (Å²) in [6.07, 6.45) is 2.09. The number of hydrogen-bond acceptors (Lipinski definition) is 3. The number of furan rings is 1. The molecule has 3 nitrogen and oxygen atoms in total. The van der Waals surface area contributed by atoms with Crippen LogP contribution in [-0.4, -0.2) is 13.2 Å². The van der Waals surface area contributed by atoms with Gasteiger partial charge < -0.3 is 14.9 Å². The number of nitrogens with two attached hydrogens (primary N) is 1. The van der Waals surface area contributed by atoms with E-state index in [1.807, 2.05) is 19.1 Å². The van der Waals surface area contributed by atoms with Crippen LogP contribution in [0.5, 0.6) is 0 Å². The number of ether oxygens (including phenoxy) is 1. The van der Waals surface area contributed by atoms with E-state index in [9.17, 15) is 0 Å². The second-order valence-electron chi connectivity index (χ2n) is 3.92. The monoisotopic (exact) mass is 195 g/mol. The zero-order valence-corrected chi connectivity index (χ0v) is 8.53. The average molecular weight is 195 g/mol. The molecule has 2 rings (SSSR count). The molecule has 1 aromatic rings. The summed E-state index contributed by atoms with van der Waals surface area (Å²) in [6, 6.07) is 3.98.